The van der Waals surface area contributed by atoms with Gasteiger partial charge in [0.15, 0.2) is 5.16 Å². The lowest BCUT2D eigenvalue weighted by molar-refractivity contribution is -0.139. The minimum absolute atomic E-state index is 0.0582. The number of esters is 1. The van der Waals surface area contributed by atoms with Crippen LogP contribution >= 0.6 is 23.1 Å². The molecule has 0 fully saturated rings. The molecule has 0 amide bonds. The number of nitrogens with zero attached hydrogens (tertiary/aromatic N) is 2. The molecule has 0 radical (unpaired) electrons. The van der Waals surface area contributed by atoms with Crippen LogP contribution < -0.4 is 5.56 Å². The Morgan fingerprint density at radius 1 is 1.46 bits per heavy atom. The first kappa shape index (κ1) is 17.4. The summed E-state index contributed by atoms with van der Waals surface area (Å²) in [6.07, 6.45) is 4.62. The van der Waals surface area contributed by atoms with E-state index in [1.54, 1.807) is 35.2 Å². The quantitative estimate of drug-likeness (QED) is 0.365. The zero-order valence-corrected chi connectivity index (χ0v) is 16.0. The average Bonchev–Trinajstić information content (AvgIpc) is 3.33. The lowest BCUT2D eigenvalue weighted by Crippen LogP contribution is -2.24. The number of hydrogen-bond donors (Lipinski definition) is 0. The van der Waals surface area contributed by atoms with Crippen molar-refractivity contribution in [1.29, 1.82) is 0 Å². The number of thiophene rings is 1. The predicted octanol–water partition coefficient (Wildman–Crippen LogP) is 3.24. The number of fused-ring (bicyclic) bond motifs is 3. The minimum atomic E-state index is -0.315. The molecule has 0 aliphatic heterocycles. The van der Waals surface area contributed by atoms with E-state index in [1.807, 2.05) is 6.07 Å². The largest absolute Gasteiger partial charge is 0.467 e. The van der Waals surface area contributed by atoms with Gasteiger partial charge in [-0.25, -0.2) is 4.98 Å². The van der Waals surface area contributed by atoms with Crippen LogP contribution in [0.25, 0.3) is 10.2 Å². The molecule has 4 rings (SSSR count). The Morgan fingerprint density at radius 2 is 2.35 bits per heavy atom. The van der Waals surface area contributed by atoms with Crippen molar-refractivity contribution in [2.75, 3.05) is 12.4 Å². The van der Waals surface area contributed by atoms with Crippen LogP contribution in [0, 0.1) is 0 Å². The number of rotatable bonds is 6. The first-order valence-electron chi connectivity index (χ1n) is 8.53. The fourth-order valence-electron chi connectivity index (χ4n) is 3.19. The molecule has 0 atom stereocenters. The van der Waals surface area contributed by atoms with Gasteiger partial charge in [0.1, 0.15) is 10.6 Å². The van der Waals surface area contributed by atoms with E-state index < -0.39 is 0 Å². The van der Waals surface area contributed by atoms with Gasteiger partial charge in [0.2, 0.25) is 0 Å². The SMILES string of the molecule is CCOC(=O)CSc1nc2sc3c(c2c(=O)n1Cc1ccco1)CCC3. The van der Waals surface area contributed by atoms with Crippen LogP contribution in [0.1, 0.15) is 29.5 Å². The molecule has 1 aliphatic carbocycles. The summed E-state index contributed by atoms with van der Waals surface area (Å²) in [7, 11) is 0. The Hall–Kier alpha value is -2.06. The maximum atomic E-state index is 13.2. The monoisotopic (exact) mass is 390 g/mol. The Bertz CT molecular complexity index is 1000. The smallest absolute Gasteiger partial charge is 0.316 e. The summed E-state index contributed by atoms with van der Waals surface area (Å²) in [4.78, 5) is 31.7. The van der Waals surface area contributed by atoms with Crippen molar-refractivity contribution < 1.29 is 13.9 Å². The summed E-state index contributed by atoms with van der Waals surface area (Å²) in [6.45, 7) is 2.40. The highest BCUT2D eigenvalue weighted by Gasteiger charge is 2.24. The average molecular weight is 390 g/mol. The third-order valence-electron chi connectivity index (χ3n) is 4.31. The van der Waals surface area contributed by atoms with Crippen molar-refractivity contribution in [3.8, 4) is 0 Å². The zero-order chi connectivity index (χ0) is 18.1. The molecule has 0 saturated heterocycles. The number of furan rings is 1. The Balaban J connectivity index is 1.77. The molecule has 3 aromatic rings. The number of aromatic nitrogens is 2. The second-order valence-corrected chi connectivity index (χ2v) is 8.02. The van der Waals surface area contributed by atoms with Crippen LogP contribution in [0.4, 0.5) is 0 Å². The van der Waals surface area contributed by atoms with Crippen LogP contribution in [0.5, 0.6) is 0 Å². The predicted molar refractivity (Wildman–Crippen MR) is 101 cm³/mol. The number of carbonyl (C=O) groups excluding carboxylic acids is 1. The number of hydrogen-bond acceptors (Lipinski definition) is 7. The Labute approximate surface area is 158 Å². The second-order valence-electron chi connectivity index (χ2n) is 6.00. The van der Waals surface area contributed by atoms with E-state index in [-0.39, 0.29) is 17.3 Å². The van der Waals surface area contributed by atoms with Crippen LogP contribution in [0.15, 0.2) is 32.8 Å². The van der Waals surface area contributed by atoms with Crippen molar-refractivity contribution in [3.63, 3.8) is 0 Å². The van der Waals surface area contributed by atoms with E-state index in [9.17, 15) is 9.59 Å². The highest BCUT2D eigenvalue weighted by molar-refractivity contribution is 7.99. The first-order chi connectivity index (χ1) is 12.7. The molecule has 136 valence electrons. The number of thioether (sulfide) groups is 1. The summed E-state index contributed by atoms with van der Waals surface area (Å²) < 4.78 is 12.0. The molecule has 3 heterocycles. The van der Waals surface area contributed by atoms with Crippen LogP contribution in [-0.2, 0) is 28.9 Å². The maximum Gasteiger partial charge on any atom is 0.316 e. The molecule has 0 spiro atoms. The topological polar surface area (TPSA) is 74.3 Å². The highest BCUT2D eigenvalue weighted by Crippen LogP contribution is 2.35. The first-order valence-corrected chi connectivity index (χ1v) is 10.3. The summed E-state index contributed by atoms with van der Waals surface area (Å²) in [5.41, 5.74) is 1.09. The van der Waals surface area contributed by atoms with Gasteiger partial charge in [0, 0.05) is 4.88 Å². The van der Waals surface area contributed by atoms with Crippen LogP contribution in [0.3, 0.4) is 0 Å². The molecule has 0 N–H and O–H groups in total. The van der Waals surface area contributed by atoms with Crippen molar-refractivity contribution in [3.05, 3.63) is 45.0 Å². The molecule has 8 heteroatoms. The van der Waals surface area contributed by atoms with Crippen molar-refractivity contribution in [1.82, 2.24) is 9.55 Å². The molecular formula is C18H18N2O4S2. The second kappa shape index (κ2) is 7.28. The maximum absolute atomic E-state index is 13.2. The van der Waals surface area contributed by atoms with Crippen molar-refractivity contribution >= 4 is 39.3 Å². The number of ether oxygens (including phenoxy) is 1. The van der Waals surface area contributed by atoms with Gasteiger partial charge in [0.05, 0.1) is 30.6 Å². The molecule has 6 nitrogen and oxygen atoms in total. The van der Waals surface area contributed by atoms with Gasteiger partial charge in [-0.2, -0.15) is 0 Å². The van der Waals surface area contributed by atoms with Gasteiger partial charge in [-0.05, 0) is 43.9 Å². The summed E-state index contributed by atoms with van der Waals surface area (Å²) >= 11 is 2.83. The summed E-state index contributed by atoms with van der Waals surface area (Å²) in [5.74, 6) is 0.484. The van der Waals surface area contributed by atoms with Gasteiger partial charge >= 0.3 is 5.97 Å². The van der Waals surface area contributed by atoms with Crippen molar-refractivity contribution in [2.45, 2.75) is 37.9 Å². The molecule has 0 aromatic carbocycles. The van der Waals surface area contributed by atoms with E-state index in [0.29, 0.717) is 24.1 Å². The van der Waals surface area contributed by atoms with Gasteiger partial charge < -0.3 is 9.15 Å². The van der Waals surface area contributed by atoms with Crippen molar-refractivity contribution in [2.24, 2.45) is 0 Å². The Kier molecular flexibility index (Phi) is 4.86. The standard InChI is InChI=1S/C18H18N2O4S2/c1-2-23-14(21)10-25-18-19-16-15(12-6-3-7-13(12)26-16)17(22)20(18)9-11-5-4-8-24-11/h4-5,8H,2-3,6-7,9-10H2,1H3. The van der Waals surface area contributed by atoms with E-state index in [2.05, 4.69) is 0 Å². The third kappa shape index (κ3) is 3.19. The third-order valence-corrected chi connectivity index (χ3v) is 6.44. The van der Waals surface area contributed by atoms with E-state index in [4.69, 9.17) is 14.1 Å². The Morgan fingerprint density at radius 3 is 3.12 bits per heavy atom. The fraction of sp³-hybridized carbons (Fsp3) is 0.389. The van der Waals surface area contributed by atoms with E-state index in [0.717, 1.165) is 35.0 Å². The summed E-state index contributed by atoms with van der Waals surface area (Å²) in [6, 6.07) is 3.62. The molecule has 0 unspecified atom stereocenters. The number of aryl methyl sites for hydroxylation is 2. The molecule has 0 bridgehead atoms. The molecule has 1 aliphatic rings. The van der Waals surface area contributed by atoms with Gasteiger partial charge in [-0.15, -0.1) is 11.3 Å². The lowest BCUT2D eigenvalue weighted by atomic mass is 10.2. The highest BCUT2D eigenvalue weighted by atomic mass is 32.2. The van der Waals surface area contributed by atoms with E-state index in [1.165, 1.54) is 16.6 Å². The van der Waals surface area contributed by atoms with Crippen LogP contribution in [0.2, 0.25) is 0 Å². The van der Waals surface area contributed by atoms with Crippen LogP contribution in [-0.4, -0.2) is 27.9 Å². The number of carbonyl (C=O) groups is 1. The zero-order valence-electron chi connectivity index (χ0n) is 14.3. The van der Waals surface area contributed by atoms with E-state index >= 15 is 0 Å². The molecule has 3 aromatic heterocycles. The normalized spacial score (nSPS) is 13.3. The fourth-order valence-corrected chi connectivity index (χ4v) is 5.29. The molecule has 0 saturated carbocycles. The van der Waals surface area contributed by atoms with Gasteiger partial charge in [-0.3, -0.25) is 14.2 Å². The van der Waals surface area contributed by atoms with Gasteiger partial charge in [-0.1, -0.05) is 11.8 Å². The molecule has 26 heavy (non-hydrogen) atoms. The lowest BCUT2D eigenvalue weighted by Gasteiger charge is -2.11. The summed E-state index contributed by atoms with van der Waals surface area (Å²) in [5, 5.41) is 1.25. The minimum Gasteiger partial charge on any atom is -0.467 e. The van der Waals surface area contributed by atoms with Gasteiger partial charge in [0.25, 0.3) is 5.56 Å². The molecular weight excluding hydrogens is 372 g/mol.